The Balaban J connectivity index is 2.17. The first-order chi connectivity index (χ1) is 8.16. The highest BCUT2D eigenvalue weighted by molar-refractivity contribution is 7.99. The van der Waals surface area contributed by atoms with Crippen molar-refractivity contribution in [1.29, 1.82) is 0 Å². The van der Waals surface area contributed by atoms with Gasteiger partial charge in [0.15, 0.2) is 0 Å². The lowest BCUT2D eigenvalue weighted by Crippen LogP contribution is -2.07. The van der Waals surface area contributed by atoms with Gasteiger partial charge in [-0.25, -0.2) is 0 Å². The largest absolute Gasteiger partial charge is 0.378 e. The molecular formula is C14H15NS. The van der Waals surface area contributed by atoms with Gasteiger partial charge in [0.25, 0.3) is 0 Å². The lowest BCUT2D eigenvalue weighted by molar-refractivity contribution is 1.13. The topological polar surface area (TPSA) is 3.24 Å². The maximum atomic E-state index is 7.80. The molecule has 0 saturated heterocycles. The van der Waals surface area contributed by atoms with Crippen molar-refractivity contribution in [2.45, 2.75) is 9.79 Å². The highest BCUT2D eigenvalue weighted by Gasteiger charge is 1.98. The fourth-order valence-corrected chi connectivity index (χ4v) is 2.18. The zero-order valence-electron chi connectivity index (χ0n) is 10.5. The van der Waals surface area contributed by atoms with E-state index in [0.29, 0.717) is 6.04 Å². The summed E-state index contributed by atoms with van der Waals surface area (Å²) in [5.74, 6) is 0. The second kappa shape index (κ2) is 5.08. The lowest BCUT2D eigenvalue weighted by atomic mass is 10.3. The molecule has 0 spiro atoms. The molecule has 0 atom stereocenters. The minimum absolute atomic E-state index is 0.578. The van der Waals surface area contributed by atoms with Crippen molar-refractivity contribution in [2.24, 2.45) is 0 Å². The molecule has 0 heterocycles. The molecule has 0 radical (unpaired) electrons. The molecule has 0 saturated carbocycles. The highest BCUT2D eigenvalue weighted by Crippen LogP contribution is 2.28. The zero-order chi connectivity index (χ0) is 12.3. The van der Waals surface area contributed by atoms with E-state index in [2.05, 4.69) is 29.2 Å². The number of rotatable bonds is 3. The first-order valence-electron chi connectivity index (χ1n) is 5.67. The van der Waals surface area contributed by atoms with Crippen LogP contribution in [0.3, 0.4) is 0 Å². The van der Waals surface area contributed by atoms with Gasteiger partial charge in [-0.1, -0.05) is 30.0 Å². The van der Waals surface area contributed by atoms with Gasteiger partial charge in [-0.2, -0.15) is 0 Å². The van der Waals surface area contributed by atoms with Crippen LogP contribution in [-0.4, -0.2) is 14.1 Å². The third-order valence-electron chi connectivity index (χ3n) is 2.26. The van der Waals surface area contributed by atoms with Crippen molar-refractivity contribution < 1.29 is 1.37 Å². The van der Waals surface area contributed by atoms with E-state index in [-0.39, 0.29) is 0 Å². The van der Waals surface area contributed by atoms with E-state index < -0.39 is 0 Å². The summed E-state index contributed by atoms with van der Waals surface area (Å²) in [6.07, 6.45) is 0. The first-order valence-corrected chi connectivity index (χ1v) is 5.99. The minimum atomic E-state index is 0.578. The second-order valence-electron chi connectivity index (χ2n) is 3.72. The van der Waals surface area contributed by atoms with Crippen LogP contribution in [-0.2, 0) is 0 Å². The van der Waals surface area contributed by atoms with Crippen molar-refractivity contribution in [3.8, 4) is 0 Å². The molecule has 16 heavy (non-hydrogen) atoms. The van der Waals surface area contributed by atoms with Gasteiger partial charge >= 0.3 is 0 Å². The number of benzene rings is 2. The molecule has 82 valence electrons. The van der Waals surface area contributed by atoms with Gasteiger partial charge < -0.3 is 4.90 Å². The summed E-state index contributed by atoms with van der Waals surface area (Å²) < 4.78 is 7.80. The Morgan fingerprint density at radius 3 is 2.31 bits per heavy atom. The van der Waals surface area contributed by atoms with Crippen LogP contribution >= 0.6 is 11.8 Å². The van der Waals surface area contributed by atoms with Gasteiger partial charge in [-0.3, -0.25) is 0 Å². The van der Waals surface area contributed by atoms with Gasteiger partial charge in [0.2, 0.25) is 0 Å². The molecule has 1 nitrogen and oxygen atoms in total. The van der Waals surface area contributed by atoms with Crippen LogP contribution in [0.15, 0.2) is 64.4 Å². The Bertz CT molecular complexity index is 494. The van der Waals surface area contributed by atoms with Crippen LogP contribution in [0.2, 0.25) is 0 Å². The molecule has 0 fully saturated rings. The molecule has 2 aromatic rings. The fraction of sp³-hybridized carbons (Fsp3) is 0.143. The van der Waals surface area contributed by atoms with Gasteiger partial charge in [0.05, 0.1) is 1.37 Å². The number of hydrogen-bond acceptors (Lipinski definition) is 2. The van der Waals surface area contributed by atoms with Crippen LogP contribution in [0, 0.1) is 0 Å². The molecule has 0 N–H and O–H groups in total. The Morgan fingerprint density at radius 2 is 1.69 bits per heavy atom. The minimum Gasteiger partial charge on any atom is -0.378 e. The summed E-state index contributed by atoms with van der Waals surface area (Å²) in [6.45, 7) is 0. The molecule has 0 aliphatic carbocycles. The molecule has 0 bridgehead atoms. The standard InChI is InChI=1S/C14H15NS/c1-15(2)12-8-10-14(11-9-12)16-13-6-4-3-5-7-13/h3-11H,1-2H3/i6D. The molecule has 0 amide bonds. The van der Waals surface area contributed by atoms with E-state index in [0.717, 1.165) is 9.79 Å². The van der Waals surface area contributed by atoms with E-state index in [1.54, 1.807) is 11.8 Å². The molecule has 2 heteroatoms. The van der Waals surface area contributed by atoms with E-state index >= 15 is 0 Å². The maximum Gasteiger partial charge on any atom is 0.0635 e. The molecule has 0 aliphatic heterocycles. The average molecular weight is 230 g/mol. The van der Waals surface area contributed by atoms with E-state index in [4.69, 9.17) is 1.37 Å². The van der Waals surface area contributed by atoms with Crippen LogP contribution in [0.4, 0.5) is 5.69 Å². The molecule has 2 rings (SSSR count). The SMILES string of the molecule is [2H]c1ccccc1Sc1ccc(N(C)C)cc1. The summed E-state index contributed by atoms with van der Waals surface area (Å²) in [4.78, 5) is 4.23. The average Bonchev–Trinajstić information content (AvgIpc) is 2.33. The number of hydrogen-bond donors (Lipinski definition) is 0. The van der Waals surface area contributed by atoms with Crippen LogP contribution in [0.1, 0.15) is 1.37 Å². The van der Waals surface area contributed by atoms with Crippen molar-refractivity contribution in [2.75, 3.05) is 19.0 Å². The number of anilines is 1. The van der Waals surface area contributed by atoms with Gasteiger partial charge in [-0.15, -0.1) is 0 Å². The molecule has 0 unspecified atom stereocenters. The molecule has 0 aliphatic rings. The molecular weight excluding hydrogens is 214 g/mol. The predicted molar refractivity (Wildman–Crippen MR) is 71.3 cm³/mol. The Morgan fingerprint density at radius 1 is 0.938 bits per heavy atom. The zero-order valence-corrected chi connectivity index (χ0v) is 10.3. The normalized spacial score (nSPS) is 11.0. The third kappa shape index (κ3) is 2.80. The molecule has 2 aromatic carbocycles. The van der Waals surface area contributed by atoms with Crippen LogP contribution in [0.25, 0.3) is 0 Å². The summed E-state index contributed by atoms with van der Waals surface area (Å²) in [6, 6.07) is 16.6. The monoisotopic (exact) mass is 230 g/mol. The van der Waals surface area contributed by atoms with Crippen LogP contribution < -0.4 is 4.90 Å². The third-order valence-corrected chi connectivity index (χ3v) is 3.24. The van der Waals surface area contributed by atoms with Gasteiger partial charge in [-0.05, 0) is 36.4 Å². The fourth-order valence-electron chi connectivity index (χ4n) is 1.38. The van der Waals surface area contributed by atoms with E-state index in [1.807, 2.05) is 38.4 Å². The Kier molecular flexibility index (Phi) is 3.11. The lowest BCUT2D eigenvalue weighted by Gasteiger charge is -2.12. The Hall–Kier alpha value is -1.41. The molecule has 0 aromatic heterocycles. The Labute approximate surface area is 103 Å². The smallest absolute Gasteiger partial charge is 0.0635 e. The first kappa shape index (κ1) is 9.79. The van der Waals surface area contributed by atoms with Gasteiger partial charge in [0, 0.05) is 29.6 Å². The summed E-state index contributed by atoms with van der Waals surface area (Å²) in [5.41, 5.74) is 1.19. The predicted octanol–water partition coefficient (Wildman–Crippen LogP) is 3.90. The summed E-state index contributed by atoms with van der Waals surface area (Å²) in [7, 11) is 4.06. The van der Waals surface area contributed by atoms with Crippen molar-refractivity contribution in [3.05, 3.63) is 54.6 Å². The quantitative estimate of drug-likeness (QED) is 0.786. The highest BCUT2D eigenvalue weighted by atomic mass is 32.2. The van der Waals surface area contributed by atoms with Crippen molar-refractivity contribution in [1.82, 2.24) is 0 Å². The summed E-state index contributed by atoms with van der Waals surface area (Å²) in [5, 5.41) is 0. The van der Waals surface area contributed by atoms with E-state index in [9.17, 15) is 0 Å². The van der Waals surface area contributed by atoms with Crippen LogP contribution in [0.5, 0.6) is 0 Å². The van der Waals surface area contributed by atoms with Crippen molar-refractivity contribution in [3.63, 3.8) is 0 Å². The van der Waals surface area contributed by atoms with Crippen molar-refractivity contribution >= 4 is 17.4 Å². The maximum absolute atomic E-state index is 7.80. The van der Waals surface area contributed by atoms with Gasteiger partial charge in [0.1, 0.15) is 0 Å². The summed E-state index contributed by atoms with van der Waals surface area (Å²) >= 11 is 1.63. The van der Waals surface area contributed by atoms with E-state index in [1.165, 1.54) is 5.69 Å². The second-order valence-corrected chi connectivity index (χ2v) is 4.83. The number of nitrogens with zero attached hydrogens (tertiary/aromatic N) is 1.